The first-order valence-electron chi connectivity index (χ1n) is 7.62. The lowest BCUT2D eigenvalue weighted by molar-refractivity contribution is 0.587. The van der Waals surface area contributed by atoms with Crippen molar-refractivity contribution in [3.63, 3.8) is 0 Å². The lowest BCUT2D eigenvalue weighted by Gasteiger charge is -2.23. The first-order valence-corrected chi connectivity index (χ1v) is 7.62. The van der Waals surface area contributed by atoms with Gasteiger partial charge in [-0.25, -0.2) is 4.98 Å². The molecule has 1 N–H and O–H groups in total. The zero-order valence-corrected chi connectivity index (χ0v) is 12.5. The zero-order valence-electron chi connectivity index (χ0n) is 12.5. The molecule has 0 saturated heterocycles. The summed E-state index contributed by atoms with van der Waals surface area (Å²) in [6, 6.07) is 4.90. The van der Waals surface area contributed by atoms with Gasteiger partial charge in [-0.1, -0.05) is 26.8 Å². The van der Waals surface area contributed by atoms with Crippen LogP contribution in [0, 0.1) is 5.92 Å². The van der Waals surface area contributed by atoms with Crippen molar-refractivity contribution in [2.75, 3.05) is 18.0 Å². The van der Waals surface area contributed by atoms with E-state index in [1.165, 1.54) is 31.4 Å². The Morgan fingerprint density at radius 2 is 2.16 bits per heavy atom. The van der Waals surface area contributed by atoms with Gasteiger partial charge in [-0.15, -0.1) is 0 Å². The molecule has 1 aromatic heterocycles. The molecule has 0 atom stereocenters. The minimum Gasteiger partial charge on any atom is -0.356 e. The smallest absolute Gasteiger partial charge is 0.128 e. The van der Waals surface area contributed by atoms with Crippen LogP contribution in [-0.2, 0) is 6.54 Å². The molecule has 0 unspecified atom stereocenters. The van der Waals surface area contributed by atoms with Crippen LogP contribution in [0.15, 0.2) is 18.3 Å². The van der Waals surface area contributed by atoms with E-state index in [1.54, 1.807) is 0 Å². The molecule has 1 heterocycles. The third-order valence-electron chi connectivity index (χ3n) is 3.52. The standard InChI is InChI=1S/C16H27N3/c1-4-9-19(12-14-5-6-14)16-8-7-15(11-18-16)10-17-13(2)3/h7-8,11,13-14,17H,4-6,9-10,12H2,1-3H3. The van der Waals surface area contributed by atoms with Crippen molar-refractivity contribution in [3.8, 4) is 0 Å². The highest BCUT2D eigenvalue weighted by Crippen LogP contribution is 2.31. The SMILES string of the molecule is CCCN(CC1CC1)c1ccc(CNC(C)C)cn1. The Kier molecular flexibility index (Phi) is 5.20. The summed E-state index contributed by atoms with van der Waals surface area (Å²) in [5.41, 5.74) is 1.26. The minimum atomic E-state index is 0.520. The molecule has 3 heteroatoms. The van der Waals surface area contributed by atoms with E-state index >= 15 is 0 Å². The highest BCUT2D eigenvalue weighted by Gasteiger charge is 2.24. The molecule has 1 aliphatic carbocycles. The van der Waals surface area contributed by atoms with Gasteiger partial charge in [0, 0.05) is 31.9 Å². The van der Waals surface area contributed by atoms with Gasteiger partial charge >= 0.3 is 0 Å². The van der Waals surface area contributed by atoms with Crippen molar-refractivity contribution in [3.05, 3.63) is 23.9 Å². The molecule has 1 fully saturated rings. The van der Waals surface area contributed by atoms with Crippen molar-refractivity contribution in [2.24, 2.45) is 5.92 Å². The molecule has 1 aliphatic rings. The maximum absolute atomic E-state index is 4.64. The molecule has 0 aromatic carbocycles. The van der Waals surface area contributed by atoms with Crippen LogP contribution in [0.1, 0.15) is 45.6 Å². The van der Waals surface area contributed by atoms with Crippen LogP contribution in [0.25, 0.3) is 0 Å². The van der Waals surface area contributed by atoms with Crippen molar-refractivity contribution < 1.29 is 0 Å². The van der Waals surface area contributed by atoms with Crippen LogP contribution in [0.2, 0.25) is 0 Å². The average molecular weight is 261 g/mol. The van der Waals surface area contributed by atoms with Gasteiger partial charge in [0.15, 0.2) is 0 Å². The molecule has 19 heavy (non-hydrogen) atoms. The second-order valence-corrected chi connectivity index (χ2v) is 5.95. The molecule has 3 nitrogen and oxygen atoms in total. The Bertz CT molecular complexity index is 368. The summed E-state index contributed by atoms with van der Waals surface area (Å²) in [5.74, 6) is 2.05. The van der Waals surface area contributed by atoms with E-state index in [4.69, 9.17) is 0 Å². The van der Waals surface area contributed by atoms with Crippen LogP contribution >= 0.6 is 0 Å². The van der Waals surface area contributed by atoms with Gasteiger partial charge < -0.3 is 10.2 Å². The summed E-state index contributed by atoms with van der Waals surface area (Å²) in [6.45, 7) is 9.78. The monoisotopic (exact) mass is 261 g/mol. The predicted molar refractivity (Wildman–Crippen MR) is 81.4 cm³/mol. The van der Waals surface area contributed by atoms with E-state index < -0.39 is 0 Å². The third kappa shape index (κ3) is 4.83. The van der Waals surface area contributed by atoms with Crippen LogP contribution < -0.4 is 10.2 Å². The van der Waals surface area contributed by atoms with Crippen LogP contribution in [-0.4, -0.2) is 24.1 Å². The van der Waals surface area contributed by atoms with Gasteiger partial charge in [-0.05, 0) is 36.8 Å². The summed E-state index contributed by atoms with van der Waals surface area (Å²) in [7, 11) is 0. The van der Waals surface area contributed by atoms with Gasteiger partial charge in [0.2, 0.25) is 0 Å². The summed E-state index contributed by atoms with van der Waals surface area (Å²) < 4.78 is 0. The number of nitrogens with zero attached hydrogens (tertiary/aromatic N) is 2. The van der Waals surface area contributed by atoms with Crippen molar-refractivity contribution >= 4 is 5.82 Å². The van der Waals surface area contributed by atoms with E-state index in [2.05, 4.69) is 48.1 Å². The lowest BCUT2D eigenvalue weighted by atomic mass is 10.2. The number of aromatic nitrogens is 1. The molecule has 1 saturated carbocycles. The molecule has 0 spiro atoms. The molecule has 106 valence electrons. The van der Waals surface area contributed by atoms with E-state index in [0.717, 1.165) is 24.8 Å². The zero-order chi connectivity index (χ0) is 13.7. The summed E-state index contributed by atoms with van der Waals surface area (Å²) in [6.07, 6.45) is 6.00. The van der Waals surface area contributed by atoms with Crippen LogP contribution in [0.3, 0.4) is 0 Å². The quantitative estimate of drug-likeness (QED) is 0.779. The molecule has 2 rings (SSSR count). The van der Waals surface area contributed by atoms with Crippen molar-refractivity contribution in [1.29, 1.82) is 0 Å². The second-order valence-electron chi connectivity index (χ2n) is 5.95. The molecule has 0 amide bonds. The maximum Gasteiger partial charge on any atom is 0.128 e. The summed E-state index contributed by atoms with van der Waals surface area (Å²) in [4.78, 5) is 7.08. The Hall–Kier alpha value is -1.09. The third-order valence-corrected chi connectivity index (χ3v) is 3.52. The summed E-state index contributed by atoms with van der Waals surface area (Å²) >= 11 is 0. The lowest BCUT2D eigenvalue weighted by Crippen LogP contribution is -2.27. The fourth-order valence-corrected chi connectivity index (χ4v) is 2.21. The maximum atomic E-state index is 4.64. The molecular formula is C16H27N3. The van der Waals surface area contributed by atoms with Gasteiger partial charge in [-0.3, -0.25) is 0 Å². The number of nitrogens with one attached hydrogen (secondary N) is 1. The van der Waals surface area contributed by atoms with Crippen molar-refractivity contribution in [1.82, 2.24) is 10.3 Å². The fourth-order valence-electron chi connectivity index (χ4n) is 2.21. The van der Waals surface area contributed by atoms with Gasteiger partial charge in [-0.2, -0.15) is 0 Å². The predicted octanol–water partition coefficient (Wildman–Crippen LogP) is 3.21. The second kappa shape index (κ2) is 6.90. The Morgan fingerprint density at radius 3 is 2.68 bits per heavy atom. The molecule has 0 bridgehead atoms. The molecular weight excluding hydrogens is 234 g/mol. The normalized spacial score (nSPS) is 14.9. The Balaban J connectivity index is 1.93. The summed E-state index contributed by atoms with van der Waals surface area (Å²) in [5, 5.41) is 3.42. The van der Waals surface area contributed by atoms with E-state index in [9.17, 15) is 0 Å². The number of pyridine rings is 1. The number of hydrogen-bond acceptors (Lipinski definition) is 3. The van der Waals surface area contributed by atoms with Gasteiger partial charge in [0.25, 0.3) is 0 Å². The fraction of sp³-hybridized carbons (Fsp3) is 0.688. The van der Waals surface area contributed by atoms with Crippen LogP contribution in [0.4, 0.5) is 5.82 Å². The number of rotatable bonds is 8. The first kappa shape index (κ1) is 14.3. The largest absolute Gasteiger partial charge is 0.356 e. The first-order chi connectivity index (χ1) is 9.19. The van der Waals surface area contributed by atoms with Gasteiger partial charge in [0.1, 0.15) is 5.82 Å². The van der Waals surface area contributed by atoms with E-state index in [0.29, 0.717) is 6.04 Å². The Labute approximate surface area is 117 Å². The highest BCUT2D eigenvalue weighted by atomic mass is 15.2. The average Bonchev–Trinajstić information content (AvgIpc) is 3.20. The van der Waals surface area contributed by atoms with E-state index in [1.807, 2.05) is 6.20 Å². The van der Waals surface area contributed by atoms with Crippen molar-refractivity contribution in [2.45, 2.75) is 52.6 Å². The van der Waals surface area contributed by atoms with Crippen LogP contribution in [0.5, 0.6) is 0 Å². The van der Waals surface area contributed by atoms with Gasteiger partial charge in [0.05, 0.1) is 0 Å². The molecule has 0 radical (unpaired) electrons. The molecule has 1 aromatic rings. The highest BCUT2D eigenvalue weighted by molar-refractivity contribution is 5.39. The molecule has 0 aliphatic heterocycles. The number of anilines is 1. The topological polar surface area (TPSA) is 28.2 Å². The van der Waals surface area contributed by atoms with E-state index in [-0.39, 0.29) is 0 Å². The minimum absolute atomic E-state index is 0.520. The number of hydrogen-bond donors (Lipinski definition) is 1. The Morgan fingerprint density at radius 1 is 1.37 bits per heavy atom.